The number of ether oxygens (including phenoxy) is 1. The number of benzene rings is 1. The predicted octanol–water partition coefficient (Wildman–Crippen LogP) is 2.57. The van der Waals surface area contributed by atoms with Gasteiger partial charge in [0.2, 0.25) is 5.91 Å². The van der Waals surface area contributed by atoms with Crippen LogP contribution in [-0.2, 0) is 4.79 Å². The van der Waals surface area contributed by atoms with Gasteiger partial charge in [0.1, 0.15) is 5.75 Å². The summed E-state index contributed by atoms with van der Waals surface area (Å²) in [6, 6.07) is 5.45. The van der Waals surface area contributed by atoms with Crippen LogP contribution in [0.25, 0.3) is 0 Å². The Kier molecular flexibility index (Phi) is 10.1. The maximum atomic E-state index is 12.2. The second-order valence-electron chi connectivity index (χ2n) is 4.76. The molecule has 7 heteroatoms. The van der Waals surface area contributed by atoms with E-state index < -0.39 is 0 Å². The molecular weight excluding hydrogens is 372 g/mol. The van der Waals surface area contributed by atoms with Crippen molar-refractivity contribution >= 4 is 40.0 Å². The van der Waals surface area contributed by atoms with Crippen LogP contribution in [0.1, 0.15) is 30.1 Å². The van der Waals surface area contributed by atoms with E-state index in [2.05, 4.69) is 26.6 Å². The molecule has 0 saturated carbocycles. The topological polar surface area (TPSA) is 67.4 Å². The summed E-state index contributed by atoms with van der Waals surface area (Å²) in [6.45, 7) is 2.52. The lowest BCUT2D eigenvalue weighted by molar-refractivity contribution is -0.121. The van der Waals surface area contributed by atoms with Crippen molar-refractivity contribution in [2.75, 3.05) is 20.7 Å². The Labute approximate surface area is 145 Å². The quantitative estimate of drug-likeness (QED) is 0.666. The number of ketones is 1. The lowest BCUT2D eigenvalue weighted by atomic mass is 10.1. The van der Waals surface area contributed by atoms with Crippen molar-refractivity contribution < 1.29 is 14.3 Å². The van der Waals surface area contributed by atoms with Gasteiger partial charge >= 0.3 is 0 Å². The largest absolute Gasteiger partial charge is 0.496 e. The minimum absolute atomic E-state index is 0. The molecule has 2 N–H and O–H groups in total. The maximum absolute atomic E-state index is 12.2. The summed E-state index contributed by atoms with van der Waals surface area (Å²) in [7, 11) is 3.35. The average Bonchev–Trinajstić information content (AvgIpc) is 2.49. The minimum Gasteiger partial charge on any atom is -0.496 e. The number of carbonyl (C=O) groups excluding carboxylic acids is 2. The van der Waals surface area contributed by atoms with Crippen LogP contribution in [-0.4, -0.2) is 38.4 Å². The van der Waals surface area contributed by atoms with E-state index in [9.17, 15) is 9.59 Å². The molecular formula is C15H22BrClN2O3. The van der Waals surface area contributed by atoms with Gasteiger partial charge in [0.05, 0.1) is 12.7 Å². The molecule has 1 aromatic rings. The first kappa shape index (κ1) is 20.9. The molecule has 0 aliphatic rings. The Balaban J connectivity index is 0.00000441. The highest BCUT2D eigenvalue weighted by atomic mass is 79.9. The van der Waals surface area contributed by atoms with Gasteiger partial charge in [-0.2, -0.15) is 0 Å². The van der Waals surface area contributed by atoms with Crippen molar-refractivity contribution in [3.63, 3.8) is 0 Å². The Morgan fingerprint density at radius 3 is 2.59 bits per heavy atom. The summed E-state index contributed by atoms with van der Waals surface area (Å²) in [5, 5.41) is 5.81. The highest BCUT2D eigenvalue weighted by Gasteiger charge is 2.14. The first-order chi connectivity index (χ1) is 9.97. The number of nitrogens with one attached hydrogen (secondary N) is 2. The van der Waals surface area contributed by atoms with Gasteiger partial charge < -0.3 is 15.4 Å². The second-order valence-corrected chi connectivity index (χ2v) is 5.68. The number of Topliss-reactive ketones (excluding diaryl/α,β-unsaturated/α-hetero) is 1. The summed E-state index contributed by atoms with van der Waals surface area (Å²) < 4.78 is 5.98. The van der Waals surface area contributed by atoms with Gasteiger partial charge in [-0.05, 0) is 32.2 Å². The molecule has 1 amide bonds. The molecule has 1 aromatic carbocycles. The molecule has 0 heterocycles. The van der Waals surface area contributed by atoms with Crippen LogP contribution in [0.2, 0.25) is 0 Å². The SMILES string of the molecule is CNC(C)CNC(=O)CCC(=O)c1cc(Br)ccc1OC.Cl. The van der Waals surface area contributed by atoms with E-state index in [0.29, 0.717) is 17.9 Å². The lowest BCUT2D eigenvalue weighted by Crippen LogP contribution is -2.37. The zero-order valence-corrected chi connectivity index (χ0v) is 15.3. The molecule has 1 rings (SSSR count). The van der Waals surface area contributed by atoms with Crippen molar-refractivity contribution in [2.24, 2.45) is 0 Å². The number of methoxy groups -OCH3 is 1. The molecule has 0 fully saturated rings. The highest BCUT2D eigenvalue weighted by molar-refractivity contribution is 9.10. The zero-order chi connectivity index (χ0) is 15.8. The number of amides is 1. The standard InChI is InChI=1S/C15H21BrN2O3.ClH/c1-10(17-2)9-18-15(20)7-5-13(19)12-8-11(16)4-6-14(12)21-3;/h4,6,8,10,17H,5,7,9H2,1-3H3,(H,18,20);1H. The maximum Gasteiger partial charge on any atom is 0.220 e. The summed E-state index contributed by atoms with van der Waals surface area (Å²) in [6.07, 6.45) is 0.331. The van der Waals surface area contributed by atoms with Gasteiger partial charge in [-0.1, -0.05) is 15.9 Å². The molecule has 0 spiro atoms. The average molecular weight is 394 g/mol. The second kappa shape index (κ2) is 10.6. The van der Waals surface area contributed by atoms with Crippen LogP contribution in [0.4, 0.5) is 0 Å². The molecule has 22 heavy (non-hydrogen) atoms. The summed E-state index contributed by atoms with van der Waals surface area (Å²) in [5.74, 6) is 0.289. The van der Waals surface area contributed by atoms with Gasteiger partial charge in [-0.3, -0.25) is 9.59 Å². The highest BCUT2D eigenvalue weighted by Crippen LogP contribution is 2.24. The van der Waals surface area contributed by atoms with Gasteiger partial charge in [-0.25, -0.2) is 0 Å². The molecule has 1 unspecified atom stereocenters. The third-order valence-corrected chi connectivity index (χ3v) is 3.63. The van der Waals surface area contributed by atoms with Crippen LogP contribution in [0, 0.1) is 0 Å². The third-order valence-electron chi connectivity index (χ3n) is 3.14. The van der Waals surface area contributed by atoms with Crippen LogP contribution < -0.4 is 15.4 Å². The molecule has 5 nitrogen and oxygen atoms in total. The Bertz CT molecular complexity index is 512. The first-order valence-corrected chi connectivity index (χ1v) is 7.58. The summed E-state index contributed by atoms with van der Waals surface area (Å²) in [4.78, 5) is 23.9. The van der Waals surface area contributed by atoms with E-state index in [1.54, 1.807) is 12.1 Å². The van der Waals surface area contributed by atoms with E-state index in [0.717, 1.165) is 4.47 Å². The van der Waals surface area contributed by atoms with Crippen LogP contribution in [0.15, 0.2) is 22.7 Å². The van der Waals surface area contributed by atoms with Gasteiger partial charge in [0, 0.05) is 29.9 Å². The smallest absolute Gasteiger partial charge is 0.220 e. The number of halogens is 2. The van der Waals surface area contributed by atoms with Gasteiger partial charge in [0.15, 0.2) is 5.78 Å². The van der Waals surface area contributed by atoms with E-state index in [1.807, 2.05) is 20.0 Å². The van der Waals surface area contributed by atoms with Crippen molar-refractivity contribution in [2.45, 2.75) is 25.8 Å². The first-order valence-electron chi connectivity index (χ1n) is 6.78. The molecule has 0 radical (unpaired) electrons. The number of likely N-dealkylation sites (N-methyl/N-ethyl adjacent to an activating group) is 1. The number of hydrogen-bond donors (Lipinski definition) is 2. The third kappa shape index (κ3) is 6.77. The van der Waals surface area contributed by atoms with Crippen molar-refractivity contribution in [3.05, 3.63) is 28.2 Å². The van der Waals surface area contributed by atoms with Gasteiger partial charge in [-0.15, -0.1) is 12.4 Å². The van der Waals surface area contributed by atoms with Crippen molar-refractivity contribution in [3.8, 4) is 5.75 Å². The molecule has 0 aliphatic heterocycles. The minimum atomic E-state index is -0.126. The summed E-state index contributed by atoms with van der Waals surface area (Å²) in [5.41, 5.74) is 0.489. The fourth-order valence-electron chi connectivity index (χ4n) is 1.72. The predicted molar refractivity (Wildman–Crippen MR) is 93.0 cm³/mol. The van der Waals surface area contributed by atoms with E-state index in [4.69, 9.17) is 4.74 Å². The molecule has 124 valence electrons. The van der Waals surface area contributed by atoms with Crippen LogP contribution in [0.5, 0.6) is 5.75 Å². The van der Waals surface area contributed by atoms with E-state index in [1.165, 1.54) is 7.11 Å². The molecule has 0 aliphatic carbocycles. The molecule has 1 atom stereocenters. The Morgan fingerprint density at radius 1 is 1.32 bits per heavy atom. The molecule has 0 aromatic heterocycles. The Hall–Kier alpha value is -1.11. The van der Waals surface area contributed by atoms with Gasteiger partial charge in [0.25, 0.3) is 0 Å². The van der Waals surface area contributed by atoms with E-state index in [-0.39, 0.29) is 43.0 Å². The van der Waals surface area contributed by atoms with E-state index >= 15 is 0 Å². The lowest BCUT2D eigenvalue weighted by Gasteiger charge is -2.11. The van der Waals surface area contributed by atoms with Crippen LogP contribution in [0.3, 0.4) is 0 Å². The van der Waals surface area contributed by atoms with Crippen LogP contribution >= 0.6 is 28.3 Å². The van der Waals surface area contributed by atoms with Crippen molar-refractivity contribution in [1.82, 2.24) is 10.6 Å². The fourth-order valence-corrected chi connectivity index (χ4v) is 2.08. The normalized spacial score (nSPS) is 11.3. The summed E-state index contributed by atoms with van der Waals surface area (Å²) >= 11 is 3.33. The number of rotatable bonds is 8. The monoisotopic (exact) mass is 392 g/mol. The Morgan fingerprint density at radius 2 is 2.00 bits per heavy atom. The van der Waals surface area contributed by atoms with Crippen molar-refractivity contribution in [1.29, 1.82) is 0 Å². The number of carbonyl (C=O) groups is 2. The zero-order valence-electron chi connectivity index (χ0n) is 12.9. The molecule has 0 saturated heterocycles. The number of hydrogen-bond acceptors (Lipinski definition) is 4. The fraction of sp³-hybridized carbons (Fsp3) is 0.467. The molecule has 0 bridgehead atoms.